The fraction of sp³-hybridized carbons (Fsp3) is 0.625. The first-order valence-electron chi connectivity index (χ1n) is 7.21. The van der Waals surface area contributed by atoms with Gasteiger partial charge >= 0.3 is 0 Å². The van der Waals surface area contributed by atoms with E-state index in [1.54, 1.807) is 7.11 Å². The van der Waals surface area contributed by atoms with Gasteiger partial charge in [0.1, 0.15) is 5.75 Å². The summed E-state index contributed by atoms with van der Waals surface area (Å²) in [5.74, 6) is 0.805. The summed E-state index contributed by atoms with van der Waals surface area (Å²) in [5, 5.41) is 11.2. The van der Waals surface area contributed by atoms with E-state index in [2.05, 4.69) is 18.9 Å². The summed E-state index contributed by atoms with van der Waals surface area (Å²) < 4.78 is 10.9. The van der Waals surface area contributed by atoms with E-state index in [0.29, 0.717) is 26.1 Å². The molecule has 2 aliphatic heterocycles. The number of piperidine rings is 1. The summed E-state index contributed by atoms with van der Waals surface area (Å²) in [6.45, 7) is 3.47. The number of methoxy groups -OCH3 is 1. The van der Waals surface area contributed by atoms with Crippen LogP contribution < -0.4 is 4.74 Å². The largest absolute Gasteiger partial charge is 0.497 e. The van der Waals surface area contributed by atoms with Gasteiger partial charge in [-0.05, 0) is 50.1 Å². The van der Waals surface area contributed by atoms with Crippen LogP contribution in [-0.2, 0) is 10.3 Å². The van der Waals surface area contributed by atoms with E-state index in [4.69, 9.17) is 9.47 Å². The molecule has 2 bridgehead atoms. The fourth-order valence-electron chi connectivity index (χ4n) is 3.59. The molecule has 20 heavy (non-hydrogen) atoms. The van der Waals surface area contributed by atoms with E-state index >= 15 is 0 Å². The Morgan fingerprint density at radius 1 is 1.30 bits per heavy atom. The summed E-state index contributed by atoms with van der Waals surface area (Å²) in [7, 11) is 3.80. The molecule has 3 rings (SSSR count). The van der Waals surface area contributed by atoms with Crippen LogP contribution in [0.2, 0.25) is 0 Å². The van der Waals surface area contributed by atoms with E-state index in [-0.39, 0.29) is 12.1 Å². The van der Waals surface area contributed by atoms with Crippen LogP contribution in [0, 0.1) is 6.92 Å². The molecule has 0 radical (unpaired) electrons. The summed E-state index contributed by atoms with van der Waals surface area (Å²) in [5.41, 5.74) is 1.35. The van der Waals surface area contributed by atoms with Crippen molar-refractivity contribution in [3.05, 3.63) is 29.3 Å². The Morgan fingerprint density at radius 2 is 1.95 bits per heavy atom. The molecule has 1 aromatic rings. The van der Waals surface area contributed by atoms with Crippen molar-refractivity contribution in [3.8, 4) is 5.75 Å². The van der Waals surface area contributed by atoms with Crippen molar-refractivity contribution < 1.29 is 14.6 Å². The zero-order valence-electron chi connectivity index (χ0n) is 12.4. The number of likely N-dealkylation sites (N-methyl/N-ethyl adjacent to an activating group) is 1. The van der Waals surface area contributed by atoms with Crippen LogP contribution in [0.4, 0.5) is 0 Å². The molecule has 4 nitrogen and oxygen atoms in total. The molecule has 2 aliphatic rings. The Hall–Kier alpha value is -1.10. The number of nitrogens with zero attached hydrogens (tertiary/aromatic N) is 1. The van der Waals surface area contributed by atoms with Crippen molar-refractivity contribution in [3.63, 3.8) is 0 Å². The second-order valence-electron chi connectivity index (χ2n) is 6.13. The maximum absolute atomic E-state index is 11.2. The first kappa shape index (κ1) is 13.9. The number of benzene rings is 1. The van der Waals surface area contributed by atoms with Gasteiger partial charge in [0.2, 0.25) is 0 Å². The second-order valence-corrected chi connectivity index (χ2v) is 6.13. The third kappa shape index (κ3) is 2.22. The fourth-order valence-corrected chi connectivity index (χ4v) is 3.59. The third-order valence-corrected chi connectivity index (χ3v) is 4.87. The predicted octanol–water partition coefficient (Wildman–Crippen LogP) is 1.68. The molecule has 2 atom stereocenters. The molecule has 2 fully saturated rings. The normalized spacial score (nSPS) is 34.0. The molecule has 0 aromatic heterocycles. The summed E-state index contributed by atoms with van der Waals surface area (Å²) in [6.07, 6.45) is 1.43. The minimum absolute atomic E-state index is 0.290. The number of aliphatic hydroxyl groups is 1. The highest BCUT2D eigenvalue weighted by Crippen LogP contribution is 2.42. The van der Waals surface area contributed by atoms with Crippen molar-refractivity contribution in [1.82, 2.24) is 4.90 Å². The lowest BCUT2D eigenvalue weighted by Gasteiger charge is -2.50. The highest BCUT2D eigenvalue weighted by molar-refractivity contribution is 5.39. The Morgan fingerprint density at radius 3 is 2.55 bits per heavy atom. The van der Waals surface area contributed by atoms with Crippen molar-refractivity contribution >= 4 is 0 Å². The summed E-state index contributed by atoms with van der Waals surface area (Å²) in [6, 6.07) is 6.53. The number of hydrogen-bond acceptors (Lipinski definition) is 4. The Balaban J connectivity index is 1.96. The molecule has 2 heterocycles. The van der Waals surface area contributed by atoms with Gasteiger partial charge in [-0.1, -0.05) is 6.07 Å². The van der Waals surface area contributed by atoms with Gasteiger partial charge in [-0.15, -0.1) is 0 Å². The molecule has 0 aliphatic carbocycles. The van der Waals surface area contributed by atoms with Crippen LogP contribution in [0.5, 0.6) is 5.75 Å². The lowest BCUT2D eigenvalue weighted by Crippen LogP contribution is -2.59. The number of rotatable bonds is 2. The van der Waals surface area contributed by atoms with Gasteiger partial charge in [0.05, 0.1) is 25.9 Å². The molecular weight excluding hydrogens is 254 g/mol. The van der Waals surface area contributed by atoms with Crippen LogP contribution in [0.15, 0.2) is 18.2 Å². The quantitative estimate of drug-likeness (QED) is 0.893. The molecular formula is C16H23NO3. The van der Waals surface area contributed by atoms with Crippen LogP contribution in [0.3, 0.4) is 0 Å². The molecule has 2 unspecified atom stereocenters. The topological polar surface area (TPSA) is 41.9 Å². The smallest absolute Gasteiger partial charge is 0.119 e. The lowest BCUT2D eigenvalue weighted by molar-refractivity contribution is -0.138. The molecule has 0 amide bonds. The number of morpholine rings is 1. The lowest BCUT2D eigenvalue weighted by atomic mass is 9.75. The van der Waals surface area contributed by atoms with Gasteiger partial charge in [-0.2, -0.15) is 0 Å². The van der Waals surface area contributed by atoms with E-state index in [1.165, 1.54) is 0 Å². The van der Waals surface area contributed by atoms with E-state index < -0.39 is 5.60 Å². The predicted molar refractivity (Wildman–Crippen MR) is 77.0 cm³/mol. The number of aryl methyl sites for hydroxylation is 1. The SMILES string of the molecule is COc1ccc(C)c(C2(O)CC3COCC(C2)N3C)c1. The average Bonchev–Trinajstić information content (AvgIpc) is 2.41. The molecule has 2 saturated heterocycles. The van der Waals surface area contributed by atoms with Crippen LogP contribution in [0.1, 0.15) is 24.0 Å². The minimum Gasteiger partial charge on any atom is -0.497 e. The maximum Gasteiger partial charge on any atom is 0.119 e. The number of hydrogen-bond donors (Lipinski definition) is 1. The number of fused-ring (bicyclic) bond motifs is 2. The third-order valence-electron chi connectivity index (χ3n) is 4.87. The molecule has 0 spiro atoms. The first-order chi connectivity index (χ1) is 9.53. The Kier molecular flexibility index (Phi) is 3.48. The van der Waals surface area contributed by atoms with Crippen molar-refractivity contribution in [1.29, 1.82) is 0 Å². The molecule has 0 saturated carbocycles. The highest BCUT2D eigenvalue weighted by atomic mass is 16.5. The zero-order chi connectivity index (χ0) is 14.3. The molecule has 4 heteroatoms. The maximum atomic E-state index is 11.2. The van der Waals surface area contributed by atoms with Gasteiger partial charge in [0.15, 0.2) is 0 Å². The summed E-state index contributed by atoms with van der Waals surface area (Å²) in [4.78, 5) is 2.35. The van der Waals surface area contributed by atoms with E-state index in [0.717, 1.165) is 16.9 Å². The van der Waals surface area contributed by atoms with Crippen LogP contribution in [0.25, 0.3) is 0 Å². The first-order valence-corrected chi connectivity index (χ1v) is 7.21. The Labute approximate surface area is 120 Å². The van der Waals surface area contributed by atoms with Gasteiger partial charge in [0, 0.05) is 12.1 Å². The minimum atomic E-state index is -0.774. The monoisotopic (exact) mass is 277 g/mol. The van der Waals surface area contributed by atoms with Crippen molar-refractivity contribution in [2.24, 2.45) is 0 Å². The molecule has 1 aromatic carbocycles. The van der Waals surface area contributed by atoms with E-state index in [9.17, 15) is 5.11 Å². The second kappa shape index (κ2) is 5.02. The summed E-state index contributed by atoms with van der Waals surface area (Å²) >= 11 is 0. The van der Waals surface area contributed by atoms with Crippen molar-refractivity contribution in [2.45, 2.75) is 37.5 Å². The highest BCUT2D eigenvalue weighted by Gasteiger charge is 2.46. The van der Waals surface area contributed by atoms with Gasteiger partial charge in [-0.3, -0.25) is 4.90 Å². The van der Waals surface area contributed by atoms with Crippen LogP contribution >= 0.6 is 0 Å². The van der Waals surface area contributed by atoms with Crippen molar-refractivity contribution in [2.75, 3.05) is 27.4 Å². The average molecular weight is 277 g/mol. The Bertz CT molecular complexity index is 488. The van der Waals surface area contributed by atoms with Gasteiger partial charge in [-0.25, -0.2) is 0 Å². The molecule has 110 valence electrons. The van der Waals surface area contributed by atoms with Gasteiger partial charge < -0.3 is 14.6 Å². The molecule has 1 N–H and O–H groups in total. The zero-order valence-corrected chi connectivity index (χ0v) is 12.4. The van der Waals surface area contributed by atoms with Gasteiger partial charge in [0.25, 0.3) is 0 Å². The van der Waals surface area contributed by atoms with Crippen LogP contribution in [-0.4, -0.2) is 49.5 Å². The van der Waals surface area contributed by atoms with E-state index in [1.807, 2.05) is 18.2 Å². The standard InChI is InChI=1S/C16H23NO3/c1-11-4-5-14(19-3)6-15(11)16(18)7-12-9-20-10-13(8-16)17(12)2/h4-6,12-13,18H,7-10H2,1-3H3. The number of ether oxygens (including phenoxy) is 2.